The lowest BCUT2D eigenvalue weighted by Crippen LogP contribution is -2.35. The Bertz CT molecular complexity index is 687. The summed E-state index contributed by atoms with van der Waals surface area (Å²) in [6.07, 6.45) is 3.56. The molecule has 3 rings (SSSR count). The lowest BCUT2D eigenvalue weighted by Gasteiger charge is -2.32. The van der Waals surface area contributed by atoms with Crippen molar-refractivity contribution in [1.82, 2.24) is 9.97 Å². The molecule has 0 unspecified atom stereocenters. The van der Waals surface area contributed by atoms with Gasteiger partial charge in [0.05, 0.1) is 30.8 Å². The molecule has 1 aromatic heterocycles. The molecule has 1 N–H and O–H groups in total. The number of nitrogens with one attached hydrogen (secondary N) is 1. The fourth-order valence-corrected chi connectivity index (χ4v) is 2.87. The molecule has 128 valence electrons. The molecule has 7 nitrogen and oxygen atoms in total. The Morgan fingerprint density at radius 1 is 1.50 bits per heavy atom. The average Bonchev–Trinajstić information content (AvgIpc) is 3.09. The fraction of sp³-hybridized carbons (Fsp3) is 0.412. The maximum Gasteiger partial charge on any atom is 0.252 e. The van der Waals surface area contributed by atoms with Crippen molar-refractivity contribution in [3.05, 3.63) is 36.4 Å². The van der Waals surface area contributed by atoms with Crippen LogP contribution in [0.1, 0.15) is 12.6 Å². The first-order valence-corrected chi connectivity index (χ1v) is 8.01. The minimum Gasteiger partial charge on any atom is -0.490 e. The summed E-state index contributed by atoms with van der Waals surface area (Å²) >= 11 is 0. The highest BCUT2D eigenvalue weighted by Crippen LogP contribution is 2.36. The molecule has 1 aliphatic rings. The first-order chi connectivity index (χ1) is 11.7. The summed E-state index contributed by atoms with van der Waals surface area (Å²) < 4.78 is 10.7. The summed E-state index contributed by atoms with van der Waals surface area (Å²) in [7, 11) is 1.53. The molecule has 2 aromatic rings. The van der Waals surface area contributed by atoms with Gasteiger partial charge in [-0.25, -0.2) is 4.98 Å². The molecule has 1 aromatic carbocycles. The summed E-state index contributed by atoms with van der Waals surface area (Å²) in [5, 5.41) is 0. The number of benzene rings is 1. The largest absolute Gasteiger partial charge is 0.490 e. The van der Waals surface area contributed by atoms with E-state index < -0.39 is 0 Å². The third kappa shape index (κ3) is 3.35. The molecule has 2 heterocycles. The highest BCUT2D eigenvalue weighted by molar-refractivity contribution is 5.95. The van der Waals surface area contributed by atoms with Gasteiger partial charge in [-0.3, -0.25) is 4.79 Å². The maximum atomic E-state index is 12.2. The molecule has 24 heavy (non-hydrogen) atoms. The monoisotopic (exact) mass is 330 g/mol. The van der Waals surface area contributed by atoms with Crippen LogP contribution in [-0.4, -0.2) is 49.3 Å². The van der Waals surface area contributed by atoms with Crippen LogP contribution in [0.4, 0.5) is 11.4 Å². The standard InChI is InChI=1S/C17H22N4O3/c1-3-21(17(22)11-23-2)14-4-5-16-15(8-14)20(6-7-24-16)10-13-9-18-12-19-13/h4-5,8-9,12H,3,6-7,10-11H2,1-2H3,(H,18,19). The summed E-state index contributed by atoms with van der Waals surface area (Å²) in [4.78, 5) is 23.4. The Hall–Kier alpha value is -2.54. The number of aromatic nitrogens is 2. The van der Waals surface area contributed by atoms with Crippen LogP contribution < -0.4 is 14.5 Å². The lowest BCUT2D eigenvalue weighted by molar-refractivity contribution is -0.122. The number of likely N-dealkylation sites (N-methyl/N-ethyl adjacent to an activating group) is 1. The fourth-order valence-electron chi connectivity index (χ4n) is 2.87. The van der Waals surface area contributed by atoms with Crippen LogP contribution in [0.5, 0.6) is 5.75 Å². The molecule has 0 spiro atoms. The Balaban J connectivity index is 1.88. The molecule has 1 aliphatic heterocycles. The van der Waals surface area contributed by atoms with Gasteiger partial charge in [0.2, 0.25) is 0 Å². The van der Waals surface area contributed by atoms with Crippen molar-refractivity contribution in [1.29, 1.82) is 0 Å². The Kier molecular flexibility index (Phi) is 5.00. The summed E-state index contributed by atoms with van der Waals surface area (Å²) in [5.74, 6) is 0.770. The van der Waals surface area contributed by atoms with Gasteiger partial charge in [0.1, 0.15) is 19.0 Å². The predicted molar refractivity (Wildman–Crippen MR) is 91.5 cm³/mol. The van der Waals surface area contributed by atoms with E-state index in [2.05, 4.69) is 14.9 Å². The Morgan fingerprint density at radius 3 is 3.08 bits per heavy atom. The number of H-pyrrole nitrogens is 1. The smallest absolute Gasteiger partial charge is 0.252 e. The molecule has 0 radical (unpaired) electrons. The molecule has 0 fully saturated rings. The number of rotatable bonds is 6. The van der Waals surface area contributed by atoms with Crippen LogP contribution >= 0.6 is 0 Å². The first-order valence-electron chi connectivity index (χ1n) is 8.01. The van der Waals surface area contributed by atoms with Crippen molar-refractivity contribution in [2.45, 2.75) is 13.5 Å². The van der Waals surface area contributed by atoms with E-state index in [1.807, 2.05) is 31.3 Å². The second-order valence-electron chi connectivity index (χ2n) is 5.55. The topological polar surface area (TPSA) is 70.7 Å². The van der Waals surface area contributed by atoms with Gasteiger partial charge in [-0.05, 0) is 25.1 Å². The van der Waals surface area contributed by atoms with Crippen molar-refractivity contribution < 1.29 is 14.3 Å². The number of hydrogen-bond donors (Lipinski definition) is 1. The number of carbonyl (C=O) groups is 1. The molecule has 0 bridgehead atoms. The number of nitrogens with zero attached hydrogens (tertiary/aromatic N) is 3. The van der Waals surface area contributed by atoms with Crippen molar-refractivity contribution in [3.8, 4) is 5.75 Å². The highest BCUT2D eigenvalue weighted by Gasteiger charge is 2.22. The van der Waals surface area contributed by atoms with Crippen LogP contribution in [0, 0.1) is 0 Å². The molecule has 0 saturated carbocycles. The molecular weight excluding hydrogens is 308 g/mol. The van der Waals surface area contributed by atoms with Crippen molar-refractivity contribution in [3.63, 3.8) is 0 Å². The number of ether oxygens (including phenoxy) is 2. The number of imidazole rings is 1. The van der Waals surface area contributed by atoms with Crippen molar-refractivity contribution in [2.75, 3.05) is 43.2 Å². The number of hydrogen-bond acceptors (Lipinski definition) is 5. The first kappa shape index (κ1) is 16.3. The van der Waals surface area contributed by atoms with E-state index in [9.17, 15) is 4.79 Å². The van der Waals surface area contributed by atoms with Gasteiger partial charge in [-0.1, -0.05) is 0 Å². The SMILES string of the molecule is CCN(C(=O)COC)c1ccc2c(c1)N(Cc1c[nH]cn1)CCO2. The molecule has 7 heteroatoms. The molecule has 0 atom stereocenters. The lowest BCUT2D eigenvalue weighted by atomic mass is 10.2. The minimum atomic E-state index is -0.0597. The Morgan fingerprint density at radius 2 is 2.38 bits per heavy atom. The van der Waals surface area contributed by atoms with Gasteiger partial charge in [-0.2, -0.15) is 0 Å². The van der Waals surface area contributed by atoms with Gasteiger partial charge in [0.25, 0.3) is 5.91 Å². The average molecular weight is 330 g/mol. The van der Waals surface area contributed by atoms with E-state index in [0.29, 0.717) is 19.7 Å². The Labute approximate surface area is 141 Å². The zero-order valence-corrected chi connectivity index (χ0v) is 14.0. The van der Waals surface area contributed by atoms with E-state index in [4.69, 9.17) is 9.47 Å². The molecular formula is C17H22N4O3. The van der Waals surface area contributed by atoms with Gasteiger partial charge in [0, 0.05) is 25.5 Å². The molecule has 1 amide bonds. The highest BCUT2D eigenvalue weighted by atomic mass is 16.5. The number of methoxy groups -OCH3 is 1. The van der Waals surface area contributed by atoms with E-state index in [-0.39, 0.29) is 12.5 Å². The van der Waals surface area contributed by atoms with Crippen molar-refractivity contribution >= 4 is 17.3 Å². The number of carbonyl (C=O) groups excluding carboxylic acids is 1. The predicted octanol–water partition coefficient (Wildman–Crippen LogP) is 1.81. The van der Waals surface area contributed by atoms with E-state index in [0.717, 1.165) is 29.4 Å². The zero-order valence-electron chi connectivity index (χ0n) is 14.0. The number of fused-ring (bicyclic) bond motifs is 1. The summed E-state index contributed by atoms with van der Waals surface area (Å²) in [6, 6.07) is 5.83. The number of aromatic amines is 1. The van der Waals surface area contributed by atoms with Crippen LogP contribution in [0.15, 0.2) is 30.7 Å². The molecule has 0 saturated heterocycles. The van der Waals surface area contributed by atoms with Crippen LogP contribution in [0.25, 0.3) is 0 Å². The summed E-state index contributed by atoms with van der Waals surface area (Å²) in [6.45, 7) is 4.71. The third-order valence-electron chi connectivity index (χ3n) is 4.01. The quantitative estimate of drug-likeness (QED) is 0.875. The van der Waals surface area contributed by atoms with E-state index in [1.54, 1.807) is 11.2 Å². The summed E-state index contributed by atoms with van der Waals surface area (Å²) in [5.41, 5.74) is 2.79. The normalized spacial score (nSPS) is 13.3. The number of anilines is 2. The van der Waals surface area contributed by atoms with Crippen molar-refractivity contribution in [2.24, 2.45) is 0 Å². The molecule has 0 aliphatic carbocycles. The number of amides is 1. The minimum absolute atomic E-state index is 0.0597. The van der Waals surface area contributed by atoms with Gasteiger partial charge < -0.3 is 24.3 Å². The second-order valence-corrected chi connectivity index (χ2v) is 5.55. The van der Waals surface area contributed by atoms with Crippen LogP contribution in [-0.2, 0) is 16.1 Å². The van der Waals surface area contributed by atoms with Gasteiger partial charge in [-0.15, -0.1) is 0 Å². The third-order valence-corrected chi connectivity index (χ3v) is 4.01. The van der Waals surface area contributed by atoms with E-state index in [1.165, 1.54) is 7.11 Å². The van der Waals surface area contributed by atoms with Crippen LogP contribution in [0.3, 0.4) is 0 Å². The van der Waals surface area contributed by atoms with Gasteiger partial charge in [0.15, 0.2) is 0 Å². The second kappa shape index (κ2) is 7.35. The maximum absolute atomic E-state index is 12.2. The van der Waals surface area contributed by atoms with E-state index >= 15 is 0 Å². The zero-order chi connectivity index (χ0) is 16.9. The van der Waals surface area contributed by atoms with Gasteiger partial charge >= 0.3 is 0 Å². The van der Waals surface area contributed by atoms with Crippen LogP contribution in [0.2, 0.25) is 0 Å².